The molecule has 3 rings (SSSR count). The molecule has 1 N–H and O–H groups in total. The molecular formula is C19H19N3O6S2. The number of anilines is 1. The summed E-state index contributed by atoms with van der Waals surface area (Å²) in [5.74, 6) is -0.304. The van der Waals surface area contributed by atoms with Crippen LogP contribution in [-0.4, -0.2) is 37.1 Å². The van der Waals surface area contributed by atoms with Crippen molar-refractivity contribution in [2.75, 3.05) is 18.2 Å². The smallest absolute Gasteiger partial charge is 0.274 e. The van der Waals surface area contributed by atoms with E-state index >= 15 is 0 Å². The van der Waals surface area contributed by atoms with Gasteiger partial charge >= 0.3 is 0 Å². The summed E-state index contributed by atoms with van der Waals surface area (Å²) in [7, 11) is -1.94. The zero-order chi connectivity index (χ0) is 21.7. The van der Waals surface area contributed by atoms with E-state index in [1.54, 1.807) is 24.3 Å². The number of non-ortho nitro benzene ring substituents is 1. The molecule has 2 aromatic carbocycles. The minimum Gasteiger partial charge on any atom is -0.494 e. The van der Waals surface area contributed by atoms with Crippen LogP contribution in [0.2, 0.25) is 0 Å². The average Bonchev–Trinajstić information content (AvgIpc) is 3.09. The highest BCUT2D eigenvalue weighted by Gasteiger charge is 2.18. The van der Waals surface area contributed by atoms with E-state index in [0.29, 0.717) is 15.8 Å². The van der Waals surface area contributed by atoms with Gasteiger partial charge in [0.25, 0.3) is 5.69 Å². The number of carbonyl (C=O) groups excluding carboxylic acids is 1. The van der Waals surface area contributed by atoms with E-state index < -0.39 is 14.8 Å². The molecule has 30 heavy (non-hydrogen) atoms. The number of nitro groups is 1. The van der Waals surface area contributed by atoms with Crippen LogP contribution in [-0.2, 0) is 20.4 Å². The standard InChI is InChI=1S/C19H19N3O6S2/c1-28-15-10-14(22(24)25)11-16-18(15)21-19(29-16)20-17(23)8-5-9-30(26,27)12-13-6-3-2-4-7-13/h2-4,6-7,10-11H,5,8-9,12H2,1H3,(H,20,21,23). The van der Waals surface area contributed by atoms with Crippen LogP contribution < -0.4 is 10.1 Å². The number of nitrogens with zero attached hydrogens (tertiary/aromatic N) is 2. The van der Waals surface area contributed by atoms with Crippen LogP contribution in [0.1, 0.15) is 18.4 Å². The number of benzene rings is 2. The highest BCUT2D eigenvalue weighted by Crippen LogP contribution is 2.36. The van der Waals surface area contributed by atoms with Crippen LogP contribution in [0.4, 0.5) is 10.8 Å². The zero-order valence-corrected chi connectivity index (χ0v) is 17.7. The lowest BCUT2D eigenvalue weighted by atomic mass is 10.2. The summed E-state index contributed by atoms with van der Waals surface area (Å²) >= 11 is 1.08. The van der Waals surface area contributed by atoms with Gasteiger partial charge in [0.2, 0.25) is 5.91 Å². The van der Waals surface area contributed by atoms with Gasteiger partial charge in [0.05, 0.1) is 34.3 Å². The number of nitrogens with one attached hydrogen (secondary N) is 1. The van der Waals surface area contributed by atoms with Gasteiger partial charge in [-0.25, -0.2) is 13.4 Å². The monoisotopic (exact) mass is 449 g/mol. The number of sulfone groups is 1. The fraction of sp³-hybridized carbons (Fsp3) is 0.263. The molecule has 0 unspecified atom stereocenters. The molecule has 0 saturated carbocycles. The summed E-state index contributed by atoms with van der Waals surface area (Å²) in [5.41, 5.74) is 0.984. The average molecular weight is 450 g/mol. The summed E-state index contributed by atoms with van der Waals surface area (Å²) < 4.78 is 30.1. The molecule has 9 nitrogen and oxygen atoms in total. The predicted octanol–water partition coefficient (Wildman–Crippen LogP) is 3.55. The van der Waals surface area contributed by atoms with Crippen LogP contribution in [0, 0.1) is 10.1 Å². The number of thiazole rings is 1. The lowest BCUT2D eigenvalue weighted by Gasteiger charge is -2.05. The Labute approximate surface area is 176 Å². The van der Waals surface area contributed by atoms with Crippen molar-refractivity contribution in [2.45, 2.75) is 18.6 Å². The largest absolute Gasteiger partial charge is 0.494 e. The Morgan fingerprint density at radius 2 is 2.00 bits per heavy atom. The molecule has 1 amide bonds. The van der Waals surface area contributed by atoms with Crippen LogP contribution in [0.5, 0.6) is 5.75 Å². The van der Waals surface area contributed by atoms with Crippen LogP contribution in [0.3, 0.4) is 0 Å². The minimum absolute atomic E-state index is 0.0151. The second-order valence-corrected chi connectivity index (χ2v) is 9.71. The van der Waals surface area contributed by atoms with E-state index in [9.17, 15) is 23.3 Å². The lowest BCUT2D eigenvalue weighted by molar-refractivity contribution is -0.384. The molecular weight excluding hydrogens is 430 g/mol. The molecule has 0 spiro atoms. The third-order valence-electron chi connectivity index (χ3n) is 4.21. The Morgan fingerprint density at radius 3 is 2.67 bits per heavy atom. The fourth-order valence-electron chi connectivity index (χ4n) is 2.83. The Hall–Kier alpha value is -3.05. The van der Waals surface area contributed by atoms with Crippen molar-refractivity contribution >= 4 is 48.1 Å². The Balaban J connectivity index is 1.59. The number of aromatic nitrogens is 1. The molecule has 0 saturated heterocycles. The number of methoxy groups -OCH3 is 1. The lowest BCUT2D eigenvalue weighted by Crippen LogP contribution is -2.15. The molecule has 1 heterocycles. The van der Waals surface area contributed by atoms with E-state index in [2.05, 4.69) is 10.3 Å². The second kappa shape index (κ2) is 9.18. The summed E-state index contributed by atoms with van der Waals surface area (Å²) in [6.07, 6.45) is 0.196. The summed E-state index contributed by atoms with van der Waals surface area (Å²) in [6, 6.07) is 11.5. The molecule has 0 atom stereocenters. The fourth-order valence-corrected chi connectivity index (χ4v) is 5.20. The van der Waals surface area contributed by atoms with E-state index in [-0.39, 0.29) is 46.8 Å². The Kier molecular flexibility index (Phi) is 6.63. The third kappa shape index (κ3) is 5.51. The van der Waals surface area contributed by atoms with Crippen molar-refractivity contribution in [1.82, 2.24) is 4.98 Å². The van der Waals surface area contributed by atoms with Crippen molar-refractivity contribution in [3.05, 3.63) is 58.1 Å². The van der Waals surface area contributed by atoms with E-state index in [4.69, 9.17) is 4.74 Å². The van der Waals surface area contributed by atoms with Crippen molar-refractivity contribution < 1.29 is 22.9 Å². The number of hydrogen-bond donors (Lipinski definition) is 1. The summed E-state index contributed by atoms with van der Waals surface area (Å²) in [6.45, 7) is 0. The predicted molar refractivity (Wildman–Crippen MR) is 115 cm³/mol. The molecule has 0 bridgehead atoms. The maximum Gasteiger partial charge on any atom is 0.274 e. The maximum atomic E-state index is 12.2. The number of rotatable bonds is 9. The molecule has 0 aliphatic carbocycles. The number of hydrogen-bond acceptors (Lipinski definition) is 8. The first-order chi connectivity index (χ1) is 14.3. The highest BCUT2D eigenvalue weighted by atomic mass is 32.2. The first-order valence-electron chi connectivity index (χ1n) is 8.94. The van der Waals surface area contributed by atoms with Gasteiger partial charge in [0.15, 0.2) is 20.7 Å². The topological polar surface area (TPSA) is 128 Å². The Bertz CT molecular complexity index is 1180. The van der Waals surface area contributed by atoms with E-state index in [1.807, 2.05) is 6.07 Å². The van der Waals surface area contributed by atoms with Crippen molar-refractivity contribution in [3.8, 4) is 5.75 Å². The first-order valence-corrected chi connectivity index (χ1v) is 11.6. The summed E-state index contributed by atoms with van der Waals surface area (Å²) in [5, 5.41) is 13.9. The van der Waals surface area contributed by atoms with Crippen molar-refractivity contribution in [3.63, 3.8) is 0 Å². The van der Waals surface area contributed by atoms with Gasteiger partial charge in [-0.2, -0.15) is 0 Å². The van der Waals surface area contributed by atoms with Gasteiger partial charge in [-0.1, -0.05) is 41.7 Å². The van der Waals surface area contributed by atoms with Crippen molar-refractivity contribution in [2.24, 2.45) is 0 Å². The normalized spacial score (nSPS) is 11.4. The number of fused-ring (bicyclic) bond motifs is 1. The number of nitro benzene ring substituents is 1. The second-order valence-electron chi connectivity index (χ2n) is 6.50. The quantitative estimate of drug-likeness (QED) is 0.391. The Morgan fingerprint density at radius 1 is 1.27 bits per heavy atom. The molecule has 0 fully saturated rings. The van der Waals surface area contributed by atoms with Gasteiger partial charge in [-0.3, -0.25) is 14.9 Å². The molecule has 158 valence electrons. The van der Waals surface area contributed by atoms with Gasteiger partial charge in [-0.15, -0.1) is 0 Å². The van der Waals surface area contributed by atoms with Gasteiger partial charge in [-0.05, 0) is 12.0 Å². The van der Waals surface area contributed by atoms with Gasteiger partial charge in [0, 0.05) is 12.5 Å². The molecule has 3 aromatic rings. The highest BCUT2D eigenvalue weighted by molar-refractivity contribution is 7.90. The number of carbonyl (C=O) groups is 1. The van der Waals surface area contributed by atoms with Crippen LogP contribution >= 0.6 is 11.3 Å². The van der Waals surface area contributed by atoms with Crippen molar-refractivity contribution in [1.29, 1.82) is 0 Å². The first kappa shape index (κ1) is 21.7. The van der Waals surface area contributed by atoms with Crippen LogP contribution in [0.15, 0.2) is 42.5 Å². The number of ether oxygens (including phenoxy) is 1. The zero-order valence-electron chi connectivity index (χ0n) is 16.0. The van der Waals surface area contributed by atoms with E-state index in [0.717, 1.165) is 11.3 Å². The van der Waals surface area contributed by atoms with E-state index in [1.165, 1.54) is 19.2 Å². The molecule has 0 aliphatic rings. The number of amides is 1. The maximum absolute atomic E-state index is 12.2. The SMILES string of the molecule is COc1cc([N+](=O)[O-])cc2sc(NC(=O)CCCS(=O)(=O)Cc3ccccc3)nc12. The molecule has 11 heteroatoms. The molecule has 1 aromatic heterocycles. The third-order valence-corrected chi connectivity index (χ3v) is 6.81. The summed E-state index contributed by atoms with van der Waals surface area (Å²) in [4.78, 5) is 26.9. The molecule has 0 aliphatic heterocycles. The minimum atomic E-state index is -3.32. The van der Waals surface area contributed by atoms with Gasteiger partial charge in [0.1, 0.15) is 5.52 Å². The molecule has 0 radical (unpaired) electrons. The van der Waals surface area contributed by atoms with Crippen LogP contribution in [0.25, 0.3) is 10.2 Å². The van der Waals surface area contributed by atoms with Gasteiger partial charge < -0.3 is 10.1 Å².